The Hall–Kier alpha value is -1.68. The molecule has 74 valence electrons. The average molecular weight is 194 g/mol. The zero-order chi connectivity index (χ0) is 10.6. The fourth-order valence-electron chi connectivity index (χ4n) is 0.983. The summed E-state index contributed by atoms with van der Waals surface area (Å²) < 4.78 is 4.36. The number of aliphatic hydroxyl groups is 1. The van der Waals surface area contributed by atoms with E-state index in [1.54, 1.807) is 0 Å². The summed E-state index contributed by atoms with van der Waals surface area (Å²) >= 11 is 0. The van der Waals surface area contributed by atoms with Gasteiger partial charge in [-0.05, 0) is 19.1 Å². The maximum absolute atomic E-state index is 11.1. The number of carbonyl (C=O) groups is 2. The molecule has 0 heterocycles. The van der Waals surface area contributed by atoms with Crippen LogP contribution in [0.4, 0.5) is 0 Å². The van der Waals surface area contributed by atoms with Crippen molar-refractivity contribution in [3.05, 3.63) is 35.4 Å². The third kappa shape index (κ3) is 2.40. The van der Waals surface area contributed by atoms with Gasteiger partial charge in [0.15, 0.2) is 12.6 Å². The van der Waals surface area contributed by atoms with Gasteiger partial charge in [0.25, 0.3) is 0 Å². The maximum Gasteiger partial charge on any atom is 0.340 e. The molecule has 4 nitrogen and oxygen atoms in total. The Balaban J connectivity index is 2.83. The topological polar surface area (TPSA) is 63.6 Å². The molecule has 4 heteroatoms. The van der Waals surface area contributed by atoms with Crippen LogP contribution in [-0.2, 0) is 4.74 Å². The minimum Gasteiger partial charge on any atom is -0.435 e. The molecule has 0 saturated heterocycles. The molecule has 0 aliphatic carbocycles. The highest BCUT2D eigenvalue weighted by molar-refractivity contribution is 5.96. The lowest BCUT2D eigenvalue weighted by Crippen LogP contribution is -2.06. The highest BCUT2D eigenvalue weighted by atomic mass is 16.6. The Morgan fingerprint density at radius 1 is 1.21 bits per heavy atom. The molecule has 0 amide bonds. The minimum atomic E-state index is -0.646. The van der Waals surface area contributed by atoms with Crippen LogP contribution in [0.5, 0.6) is 0 Å². The number of benzene rings is 1. The predicted molar refractivity (Wildman–Crippen MR) is 48.9 cm³/mol. The van der Waals surface area contributed by atoms with Gasteiger partial charge in [-0.2, -0.15) is 0 Å². The predicted octanol–water partition coefficient (Wildman–Crippen LogP) is 0.996. The Bertz CT molecular complexity index is 340. The van der Waals surface area contributed by atoms with E-state index >= 15 is 0 Å². The van der Waals surface area contributed by atoms with E-state index in [4.69, 9.17) is 5.11 Å². The lowest BCUT2D eigenvalue weighted by molar-refractivity contribution is 0.00682. The van der Waals surface area contributed by atoms with Crippen LogP contribution >= 0.6 is 0 Å². The molecule has 0 radical (unpaired) electrons. The van der Waals surface area contributed by atoms with E-state index in [2.05, 4.69) is 4.74 Å². The summed E-state index contributed by atoms with van der Waals surface area (Å²) in [6.45, 7) is 0.800. The molecule has 0 fully saturated rings. The second-order valence-electron chi connectivity index (χ2n) is 2.69. The fourth-order valence-corrected chi connectivity index (χ4v) is 0.983. The molecule has 1 rings (SSSR count). The van der Waals surface area contributed by atoms with Gasteiger partial charge in [0.05, 0.1) is 5.56 Å². The van der Waals surface area contributed by atoms with Crippen molar-refractivity contribution in [3.63, 3.8) is 0 Å². The number of aliphatic hydroxyl groups excluding tert-OH is 1. The Morgan fingerprint density at radius 2 is 1.71 bits per heavy atom. The van der Waals surface area contributed by atoms with Crippen LogP contribution in [0, 0.1) is 0 Å². The van der Waals surface area contributed by atoms with Crippen molar-refractivity contribution >= 4 is 11.8 Å². The standard InChI is InChI=1S/C10H10O4/c1-7(12)8-2-4-9(5-3-8)10(13)14-6-11/h2-5,11H,6H2,1H3. The summed E-state index contributed by atoms with van der Waals surface area (Å²) in [5, 5.41) is 8.34. The largest absolute Gasteiger partial charge is 0.435 e. The quantitative estimate of drug-likeness (QED) is 0.443. The summed E-state index contributed by atoms with van der Waals surface area (Å²) in [7, 11) is 0. The molecule has 1 N–H and O–H groups in total. The van der Waals surface area contributed by atoms with Gasteiger partial charge in [-0.1, -0.05) is 12.1 Å². The molecule has 0 spiro atoms. The number of ketones is 1. The molecule has 0 bridgehead atoms. The summed E-state index contributed by atoms with van der Waals surface area (Å²) in [5.74, 6) is -0.672. The molecule has 0 aliphatic rings. The van der Waals surface area contributed by atoms with Gasteiger partial charge in [0.2, 0.25) is 0 Å². The van der Waals surface area contributed by atoms with Crippen molar-refractivity contribution in [3.8, 4) is 0 Å². The molecule has 0 unspecified atom stereocenters. The van der Waals surface area contributed by atoms with E-state index in [1.165, 1.54) is 31.2 Å². The van der Waals surface area contributed by atoms with E-state index in [0.717, 1.165) is 0 Å². The van der Waals surface area contributed by atoms with Gasteiger partial charge in [-0.15, -0.1) is 0 Å². The van der Waals surface area contributed by atoms with Crippen LogP contribution in [-0.4, -0.2) is 23.7 Å². The molecule has 14 heavy (non-hydrogen) atoms. The second kappa shape index (κ2) is 4.53. The van der Waals surface area contributed by atoms with E-state index < -0.39 is 12.8 Å². The highest BCUT2D eigenvalue weighted by Crippen LogP contribution is 2.06. The van der Waals surface area contributed by atoms with E-state index in [1.807, 2.05) is 0 Å². The number of hydrogen-bond acceptors (Lipinski definition) is 4. The van der Waals surface area contributed by atoms with Crippen molar-refractivity contribution in [2.75, 3.05) is 6.79 Å². The van der Waals surface area contributed by atoms with Crippen LogP contribution in [0.25, 0.3) is 0 Å². The van der Waals surface area contributed by atoms with Crippen molar-refractivity contribution < 1.29 is 19.4 Å². The van der Waals surface area contributed by atoms with Crippen molar-refractivity contribution in [2.45, 2.75) is 6.92 Å². The molecule has 1 aromatic carbocycles. The Labute approximate surface area is 81.1 Å². The first kappa shape index (κ1) is 10.4. The third-order valence-corrected chi connectivity index (χ3v) is 1.72. The summed E-state index contributed by atoms with van der Waals surface area (Å²) in [6, 6.07) is 6.04. The summed E-state index contributed by atoms with van der Waals surface area (Å²) in [4.78, 5) is 22.0. The Kier molecular flexibility index (Phi) is 3.36. The smallest absolute Gasteiger partial charge is 0.340 e. The van der Waals surface area contributed by atoms with E-state index in [9.17, 15) is 9.59 Å². The summed E-state index contributed by atoms with van der Waals surface area (Å²) in [5.41, 5.74) is 0.842. The Morgan fingerprint density at radius 3 is 2.14 bits per heavy atom. The first-order valence-corrected chi connectivity index (χ1v) is 4.04. The number of carbonyl (C=O) groups excluding carboxylic acids is 2. The number of hydrogen-bond donors (Lipinski definition) is 1. The van der Waals surface area contributed by atoms with Gasteiger partial charge in [-0.3, -0.25) is 4.79 Å². The van der Waals surface area contributed by atoms with E-state index in [0.29, 0.717) is 11.1 Å². The van der Waals surface area contributed by atoms with Crippen LogP contribution in [0.15, 0.2) is 24.3 Å². The monoisotopic (exact) mass is 194 g/mol. The van der Waals surface area contributed by atoms with Crippen molar-refractivity contribution in [1.29, 1.82) is 0 Å². The number of ether oxygens (including phenoxy) is 1. The molecule has 0 aromatic heterocycles. The minimum absolute atomic E-state index is 0.0629. The van der Waals surface area contributed by atoms with Crippen LogP contribution in [0.3, 0.4) is 0 Å². The van der Waals surface area contributed by atoms with Crippen molar-refractivity contribution in [2.24, 2.45) is 0 Å². The average Bonchev–Trinajstić information content (AvgIpc) is 2.18. The molecular formula is C10H10O4. The maximum atomic E-state index is 11.1. The molecule has 0 saturated carbocycles. The van der Waals surface area contributed by atoms with Gasteiger partial charge in [-0.25, -0.2) is 4.79 Å². The lowest BCUT2D eigenvalue weighted by Gasteiger charge is -2.01. The highest BCUT2D eigenvalue weighted by Gasteiger charge is 2.06. The normalized spacial score (nSPS) is 9.57. The lowest BCUT2D eigenvalue weighted by atomic mass is 10.1. The SMILES string of the molecule is CC(=O)c1ccc(C(=O)OCO)cc1. The fraction of sp³-hybridized carbons (Fsp3) is 0.200. The van der Waals surface area contributed by atoms with Crippen LogP contribution in [0.2, 0.25) is 0 Å². The molecule has 0 aliphatic heterocycles. The molecular weight excluding hydrogens is 184 g/mol. The zero-order valence-electron chi connectivity index (χ0n) is 7.69. The second-order valence-corrected chi connectivity index (χ2v) is 2.69. The first-order chi connectivity index (χ1) is 6.65. The first-order valence-electron chi connectivity index (χ1n) is 4.04. The zero-order valence-corrected chi connectivity index (χ0v) is 7.69. The van der Waals surface area contributed by atoms with E-state index in [-0.39, 0.29) is 5.78 Å². The molecule has 0 atom stereocenters. The summed E-state index contributed by atoms with van der Waals surface area (Å²) in [6.07, 6.45) is 0. The number of rotatable bonds is 3. The van der Waals surface area contributed by atoms with Gasteiger partial charge in [0.1, 0.15) is 0 Å². The van der Waals surface area contributed by atoms with Gasteiger partial charge in [0, 0.05) is 5.56 Å². The van der Waals surface area contributed by atoms with Crippen LogP contribution < -0.4 is 0 Å². The van der Waals surface area contributed by atoms with Gasteiger partial charge < -0.3 is 9.84 Å². The number of esters is 1. The third-order valence-electron chi connectivity index (χ3n) is 1.72. The van der Waals surface area contributed by atoms with Crippen molar-refractivity contribution in [1.82, 2.24) is 0 Å². The number of Topliss-reactive ketones (excluding diaryl/α,β-unsaturated/α-hetero) is 1. The van der Waals surface area contributed by atoms with Gasteiger partial charge >= 0.3 is 5.97 Å². The van der Waals surface area contributed by atoms with Crippen LogP contribution in [0.1, 0.15) is 27.6 Å². The molecule has 1 aromatic rings.